The van der Waals surface area contributed by atoms with Crippen LogP contribution in [0.25, 0.3) is 10.9 Å². The third kappa shape index (κ3) is 6.09. The van der Waals surface area contributed by atoms with Gasteiger partial charge in [-0.05, 0) is 75.0 Å². The third-order valence-corrected chi connectivity index (χ3v) is 14.3. The molecule has 7 heterocycles. The standard InChI is InChI=1S/C44H47N5O11S/c1-19-12-22-13-23(16-45)49-29-17-57-43(54)44(41-26(15-28(47-44)42(52)53)25-14-24(55-6)8-9-27(25)46-41)10-11-61-40(34(49)33(48(4)5)30(22)35(51)36(19)56-7)32-31(29)39-38(58-18-59-39)20(2)37(32)60-21(3)50/h8-9,12,14,23,28-29,33-34,40,46-47,51H,10-11,13,15,17-18H2,1-7H3,(H,52,53)/t23-,28-,29-,33-,34+,40?,44-/m1/s1. The number of carbonyl (C=O) groups is 3. The van der Waals surface area contributed by atoms with Crippen LogP contribution in [0.3, 0.4) is 0 Å². The Kier molecular flexibility index (Phi) is 10.0. The number of ether oxygens (including phenoxy) is 6. The van der Waals surface area contributed by atoms with Gasteiger partial charge in [0.15, 0.2) is 28.5 Å². The highest BCUT2D eigenvalue weighted by Gasteiger charge is 2.57. The first kappa shape index (κ1) is 40.7. The zero-order valence-corrected chi connectivity index (χ0v) is 35.7. The fourth-order valence-electron chi connectivity index (χ4n) is 10.5. The summed E-state index contributed by atoms with van der Waals surface area (Å²) in [6.07, 6.45) is 0.384. The number of carbonyl (C=O) groups excluding carboxylic acids is 2. The van der Waals surface area contributed by atoms with Crippen LogP contribution in [0.2, 0.25) is 0 Å². The first-order valence-electron chi connectivity index (χ1n) is 20.1. The molecule has 7 atom stereocenters. The molecule has 1 unspecified atom stereocenters. The van der Waals surface area contributed by atoms with Gasteiger partial charge in [-0.15, -0.1) is 0 Å². The highest BCUT2D eigenvalue weighted by atomic mass is 32.2. The zero-order valence-electron chi connectivity index (χ0n) is 34.8. The van der Waals surface area contributed by atoms with Crippen molar-refractivity contribution in [1.29, 1.82) is 5.26 Å². The van der Waals surface area contributed by atoms with Gasteiger partial charge in [0.25, 0.3) is 0 Å². The van der Waals surface area contributed by atoms with E-state index in [9.17, 15) is 25.1 Å². The second-order valence-electron chi connectivity index (χ2n) is 16.5. The molecule has 6 aliphatic rings. The van der Waals surface area contributed by atoms with Crippen LogP contribution < -0.4 is 29.0 Å². The van der Waals surface area contributed by atoms with E-state index >= 15 is 4.79 Å². The van der Waals surface area contributed by atoms with Gasteiger partial charge in [0.1, 0.15) is 30.2 Å². The number of aromatic hydroxyl groups is 1. The Morgan fingerprint density at radius 2 is 1.82 bits per heavy atom. The summed E-state index contributed by atoms with van der Waals surface area (Å²) in [6.45, 7) is 4.55. The van der Waals surface area contributed by atoms with E-state index in [1.165, 1.54) is 25.8 Å². The lowest BCUT2D eigenvalue weighted by molar-refractivity contribution is -0.157. The van der Waals surface area contributed by atoms with Crippen LogP contribution in [-0.4, -0.2) is 108 Å². The molecule has 1 aromatic heterocycles. The number of esters is 2. The normalized spacial score (nSPS) is 26.6. The molecular weight excluding hydrogens is 807 g/mol. The molecule has 0 radical (unpaired) electrons. The van der Waals surface area contributed by atoms with Crippen molar-refractivity contribution < 1.29 is 53.0 Å². The van der Waals surface area contributed by atoms with E-state index in [1.54, 1.807) is 20.1 Å². The molecule has 0 amide bonds. The largest absolute Gasteiger partial charge is 0.504 e. The van der Waals surface area contributed by atoms with Crippen molar-refractivity contribution in [3.63, 3.8) is 0 Å². The van der Waals surface area contributed by atoms with Crippen LogP contribution in [0.5, 0.6) is 34.5 Å². The van der Waals surface area contributed by atoms with Gasteiger partial charge >= 0.3 is 17.9 Å². The molecule has 320 valence electrons. The highest BCUT2D eigenvalue weighted by Crippen LogP contribution is 2.63. The number of thioether (sulfide) groups is 1. The molecular formula is C44H47N5O11S. The molecule has 1 fully saturated rings. The number of aliphatic carboxylic acids is 1. The second-order valence-corrected chi connectivity index (χ2v) is 17.7. The summed E-state index contributed by atoms with van der Waals surface area (Å²) < 4.78 is 36.3. The number of methoxy groups -OCH3 is 2. The molecule has 0 aliphatic carbocycles. The topological polar surface area (TPSA) is 205 Å². The first-order valence-corrected chi connectivity index (χ1v) is 21.1. The molecule has 16 nitrogen and oxygen atoms in total. The number of likely N-dealkylation sites (N-methyl/N-ethyl adjacent to an activating group) is 1. The number of hydrogen-bond acceptors (Lipinski definition) is 15. The Hall–Kier alpha value is -5.67. The average Bonchev–Trinajstić information content (AvgIpc) is 3.83. The van der Waals surface area contributed by atoms with Crippen molar-refractivity contribution in [3.8, 4) is 40.6 Å². The van der Waals surface area contributed by atoms with Gasteiger partial charge in [0, 0.05) is 59.0 Å². The number of phenolic OH excluding ortho intramolecular Hbond substituents is 1. The summed E-state index contributed by atoms with van der Waals surface area (Å²) in [5.41, 5.74) is 4.04. The van der Waals surface area contributed by atoms with Crippen LogP contribution in [0, 0.1) is 25.2 Å². The summed E-state index contributed by atoms with van der Waals surface area (Å²) in [5, 5.41) is 37.3. The molecule has 61 heavy (non-hydrogen) atoms. The molecule has 0 saturated carbocycles. The van der Waals surface area contributed by atoms with Gasteiger partial charge in [0.05, 0.1) is 43.3 Å². The number of fused-ring (bicyclic) bond motifs is 9. The summed E-state index contributed by atoms with van der Waals surface area (Å²) in [7, 11) is 6.88. The number of aryl methyl sites for hydroxylation is 1. The quantitative estimate of drug-likeness (QED) is 0.156. The van der Waals surface area contributed by atoms with Crippen LogP contribution in [-0.2, 0) is 37.5 Å². The number of aromatic nitrogens is 1. The molecule has 3 aromatic carbocycles. The minimum atomic E-state index is -1.65. The van der Waals surface area contributed by atoms with Gasteiger partial charge in [0.2, 0.25) is 6.79 Å². The highest BCUT2D eigenvalue weighted by molar-refractivity contribution is 7.99. The van der Waals surface area contributed by atoms with Crippen LogP contribution in [0.1, 0.15) is 75.3 Å². The summed E-state index contributed by atoms with van der Waals surface area (Å²) in [6, 6.07) is 5.90. The average molecular weight is 854 g/mol. The van der Waals surface area contributed by atoms with E-state index in [2.05, 4.69) is 21.3 Å². The summed E-state index contributed by atoms with van der Waals surface area (Å²) >= 11 is 1.49. The maximum Gasteiger partial charge on any atom is 0.332 e. The van der Waals surface area contributed by atoms with Crippen molar-refractivity contribution in [2.24, 2.45) is 0 Å². The molecule has 4 aromatic rings. The van der Waals surface area contributed by atoms with E-state index in [-0.39, 0.29) is 49.9 Å². The number of H-pyrrole nitrogens is 1. The molecule has 2 bridgehead atoms. The van der Waals surface area contributed by atoms with Crippen molar-refractivity contribution in [3.05, 3.63) is 68.9 Å². The molecule has 6 aliphatic heterocycles. The summed E-state index contributed by atoms with van der Waals surface area (Å²) in [4.78, 5) is 48.7. The number of nitrogens with zero attached hydrogens (tertiary/aromatic N) is 3. The van der Waals surface area contributed by atoms with E-state index in [0.717, 1.165) is 10.9 Å². The lowest BCUT2D eigenvalue weighted by Gasteiger charge is -2.51. The molecule has 1 spiro atoms. The Bertz CT molecular complexity index is 2570. The molecule has 10 rings (SSSR count). The fraction of sp³-hybridized carbons (Fsp3) is 0.455. The second kappa shape index (κ2) is 15.0. The lowest BCUT2D eigenvalue weighted by atomic mass is 9.80. The van der Waals surface area contributed by atoms with Crippen molar-refractivity contribution in [2.45, 2.75) is 81.0 Å². The molecule has 1 saturated heterocycles. The summed E-state index contributed by atoms with van der Waals surface area (Å²) in [5.74, 6) is -0.209. The van der Waals surface area contributed by atoms with Gasteiger partial charge in [-0.1, -0.05) is 6.07 Å². The van der Waals surface area contributed by atoms with Crippen molar-refractivity contribution in [1.82, 2.24) is 20.1 Å². The maximum absolute atomic E-state index is 15.2. The number of phenols is 1. The van der Waals surface area contributed by atoms with E-state index in [4.69, 9.17) is 28.4 Å². The zero-order chi connectivity index (χ0) is 43.2. The van der Waals surface area contributed by atoms with Crippen molar-refractivity contribution >= 4 is 40.6 Å². The number of rotatable bonds is 5. The number of carboxylic acids is 1. The van der Waals surface area contributed by atoms with Crippen LogP contribution in [0.15, 0.2) is 24.3 Å². The minimum Gasteiger partial charge on any atom is -0.504 e. The number of nitriles is 1. The number of nitrogens with one attached hydrogen (secondary N) is 2. The maximum atomic E-state index is 15.2. The monoisotopic (exact) mass is 853 g/mol. The van der Waals surface area contributed by atoms with Gasteiger partial charge in [-0.25, -0.2) is 4.79 Å². The Morgan fingerprint density at radius 1 is 1.05 bits per heavy atom. The number of hydrogen-bond donors (Lipinski definition) is 4. The SMILES string of the molecule is COc1ccc2[nH]c3c(c2c1)C[C@H](C(=O)O)N[C@]31CCSC2c3c(OC(C)=O)c(C)c4c(c3[C@@H](COC1=O)N1[C@H]2[C@H](N(C)C)c2c(cc(C)c(OC)c2O)C[C@@H]1C#N)OCO4. The van der Waals surface area contributed by atoms with E-state index in [0.29, 0.717) is 67.6 Å². The number of aromatic amines is 1. The van der Waals surface area contributed by atoms with E-state index < -0.39 is 58.9 Å². The smallest absolute Gasteiger partial charge is 0.332 e. The molecule has 17 heteroatoms. The molecule has 4 N–H and O–H groups in total. The Morgan fingerprint density at radius 3 is 2.51 bits per heavy atom. The number of carboxylic acid groups (broad SMARTS) is 1. The minimum absolute atomic E-state index is 0.0355. The van der Waals surface area contributed by atoms with Gasteiger partial charge in [-0.3, -0.25) is 19.8 Å². The predicted octanol–water partition coefficient (Wildman–Crippen LogP) is 4.85. The lowest BCUT2D eigenvalue weighted by Crippen LogP contribution is -2.60. The third-order valence-electron chi connectivity index (χ3n) is 13.0. The van der Waals surface area contributed by atoms with E-state index in [1.807, 2.05) is 44.1 Å². The predicted molar refractivity (Wildman–Crippen MR) is 221 cm³/mol. The number of benzene rings is 3. The Balaban J connectivity index is 1.31. The first-order chi connectivity index (χ1) is 29.2. The Labute approximate surface area is 356 Å². The fourth-order valence-corrected chi connectivity index (χ4v) is 12.1. The van der Waals surface area contributed by atoms with Crippen LogP contribution in [0.4, 0.5) is 0 Å². The van der Waals surface area contributed by atoms with Crippen molar-refractivity contribution in [2.75, 3.05) is 47.5 Å². The van der Waals surface area contributed by atoms with Gasteiger partial charge < -0.3 is 48.5 Å². The van der Waals surface area contributed by atoms with Crippen LogP contribution >= 0.6 is 11.8 Å². The van der Waals surface area contributed by atoms with Gasteiger partial charge in [-0.2, -0.15) is 17.0 Å².